The van der Waals surface area contributed by atoms with Crippen molar-refractivity contribution in [2.75, 3.05) is 0 Å². The predicted molar refractivity (Wildman–Crippen MR) is 64.9 cm³/mol. The topological polar surface area (TPSA) is 32.3 Å². The average molecular weight is 213 g/mol. The van der Waals surface area contributed by atoms with Crippen molar-refractivity contribution in [1.29, 1.82) is 0 Å². The van der Waals surface area contributed by atoms with Crippen LogP contribution in [0.15, 0.2) is 0 Å². The van der Waals surface area contributed by atoms with Crippen LogP contribution in [0.3, 0.4) is 0 Å². The normalized spacial score (nSPS) is 28.4. The second kappa shape index (κ2) is 4.42. The summed E-state index contributed by atoms with van der Waals surface area (Å²) in [5.41, 5.74) is 0.453. The lowest BCUT2D eigenvalue weighted by Crippen LogP contribution is -2.50. The summed E-state index contributed by atoms with van der Waals surface area (Å²) in [4.78, 5) is 0. The summed E-state index contributed by atoms with van der Waals surface area (Å²) < 4.78 is 0. The van der Waals surface area contributed by atoms with Crippen molar-refractivity contribution in [2.24, 2.45) is 5.41 Å². The van der Waals surface area contributed by atoms with Gasteiger partial charge in [0.2, 0.25) is 0 Å². The Labute approximate surface area is 94.5 Å². The molecule has 0 aromatic heterocycles. The molecule has 2 atom stereocenters. The van der Waals surface area contributed by atoms with Crippen molar-refractivity contribution in [3.05, 3.63) is 0 Å². The third kappa shape index (κ3) is 4.52. The average Bonchev–Trinajstić information content (AvgIpc) is 2.29. The molecule has 1 aliphatic carbocycles. The van der Waals surface area contributed by atoms with Gasteiger partial charge in [-0.25, -0.2) is 0 Å². The molecule has 90 valence electrons. The largest absolute Gasteiger partial charge is 0.392 e. The first-order chi connectivity index (χ1) is 6.70. The zero-order chi connectivity index (χ0) is 11.7. The monoisotopic (exact) mass is 213 g/mol. The van der Waals surface area contributed by atoms with Gasteiger partial charge in [-0.2, -0.15) is 0 Å². The third-order valence-corrected chi connectivity index (χ3v) is 3.03. The van der Waals surface area contributed by atoms with Gasteiger partial charge < -0.3 is 10.4 Å². The van der Waals surface area contributed by atoms with E-state index in [-0.39, 0.29) is 11.6 Å². The van der Waals surface area contributed by atoms with Crippen LogP contribution in [0.5, 0.6) is 0 Å². The highest BCUT2D eigenvalue weighted by atomic mass is 16.3. The van der Waals surface area contributed by atoms with Crippen molar-refractivity contribution in [2.45, 2.75) is 78.0 Å². The van der Waals surface area contributed by atoms with E-state index in [9.17, 15) is 5.11 Å². The highest BCUT2D eigenvalue weighted by Gasteiger charge is 2.32. The lowest BCUT2D eigenvalue weighted by atomic mass is 9.81. The van der Waals surface area contributed by atoms with Crippen molar-refractivity contribution < 1.29 is 5.11 Å². The van der Waals surface area contributed by atoms with Crippen LogP contribution < -0.4 is 5.32 Å². The number of hydrogen-bond donors (Lipinski definition) is 2. The van der Waals surface area contributed by atoms with Crippen LogP contribution in [0.1, 0.15) is 60.3 Å². The fourth-order valence-corrected chi connectivity index (χ4v) is 2.99. The van der Waals surface area contributed by atoms with Crippen LogP contribution in [0.4, 0.5) is 0 Å². The van der Waals surface area contributed by atoms with E-state index in [2.05, 4.69) is 39.9 Å². The minimum atomic E-state index is -0.135. The molecule has 0 aromatic carbocycles. The van der Waals surface area contributed by atoms with Crippen molar-refractivity contribution in [1.82, 2.24) is 5.32 Å². The van der Waals surface area contributed by atoms with Gasteiger partial charge in [-0.05, 0) is 44.9 Å². The van der Waals surface area contributed by atoms with E-state index in [4.69, 9.17) is 0 Å². The van der Waals surface area contributed by atoms with Gasteiger partial charge in [-0.1, -0.05) is 20.8 Å². The summed E-state index contributed by atoms with van der Waals surface area (Å²) in [6.45, 7) is 11.3. The van der Waals surface area contributed by atoms with Crippen LogP contribution >= 0.6 is 0 Å². The number of aliphatic hydroxyl groups excluding tert-OH is 1. The minimum absolute atomic E-state index is 0.119. The highest BCUT2D eigenvalue weighted by molar-refractivity contribution is 4.91. The Balaban J connectivity index is 2.48. The summed E-state index contributed by atoms with van der Waals surface area (Å²) in [6.07, 6.45) is 4.23. The molecule has 0 amide bonds. The van der Waals surface area contributed by atoms with Gasteiger partial charge in [0.25, 0.3) is 0 Å². The maximum atomic E-state index is 9.79. The zero-order valence-electron chi connectivity index (χ0n) is 10.9. The molecule has 0 saturated heterocycles. The van der Waals surface area contributed by atoms with E-state index >= 15 is 0 Å². The highest BCUT2D eigenvalue weighted by Crippen LogP contribution is 2.29. The van der Waals surface area contributed by atoms with Gasteiger partial charge in [0, 0.05) is 11.6 Å². The van der Waals surface area contributed by atoms with Gasteiger partial charge in [-0.3, -0.25) is 0 Å². The van der Waals surface area contributed by atoms with E-state index in [0.29, 0.717) is 11.5 Å². The molecular formula is C13H27NO. The van der Waals surface area contributed by atoms with Crippen LogP contribution in [-0.2, 0) is 0 Å². The first-order valence-electron chi connectivity index (χ1n) is 6.15. The summed E-state index contributed by atoms with van der Waals surface area (Å²) in [5.74, 6) is 0. The lowest BCUT2D eigenvalue weighted by molar-refractivity contribution is 0.120. The summed E-state index contributed by atoms with van der Waals surface area (Å²) in [7, 11) is 0. The molecule has 15 heavy (non-hydrogen) atoms. The quantitative estimate of drug-likeness (QED) is 0.755. The molecular weight excluding hydrogens is 186 g/mol. The Morgan fingerprint density at radius 3 is 2.13 bits per heavy atom. The van der Waals surface area contributed by atoms with Crippen LogP contribution in [0.25, 0.3) is 0 Å². The van der Waals surface area contributed by atoms with Crippen molar-refractivity contribution in [3.63, 3.8) is 0 Å². The molecule has 2 nitrogen and oxygen atoms in total. The maximum absolute atomic E-state index is 9.79. The van der Waals surface area contributed by atoms with Gasteiger partial charge >= 0.3 is 0 Å². The second-order valence-electron chi connectivity index (χ2n) is 6.87. The lowest BCUT2D eigenvalue weighted by Gasteiger charge is -2.36. The molecule has 1 fully saturated rings. The summed E-state index contributed by atoms with van der Waals surface area (Å²) in [5, 5.41) is 13.4. The Kier molecular flexibility index (Phi) is 3.83. The molecule has 0 aromatic rings. The smallest absolute Gasteiger partial charge is 0.0693 e. The Morgan fingerprint density at radius 1 is 1.13 bits per heavy atom. The number of hydrogen-bond acceptors (Lipinski definition) is 2. The zero-order valence-corrected chi connectivity index (χ0v) is 10.9. The molecule has 0 unspecified atom stereocenters. The summed E-state index contributed by atoms with van der Waals surface area (Å²) in [6, 6.07) is 0.308. The molecule has 2 heteroatoms. The molecule has 1 aliphatic rings. The number of rotatable bonds is 3. The number of aliphatic hydroxyl groups is 1. The second-order valence-corrected chi connectivity index (χ2v) is 6.87. The van der Waals surface area contributed by atoms with Gasteiger partial charge in [-0.15, -0.1) is 0 Å². The molecule has 1 saturated carbocycles. The third-order valence-electron chi connectivity index (χ3n) is 3.03. The Bertz CT molecular complexity index is 205. The van der Waals surface area contributed by atoms with Gasteiger partial charge in [0.1, 0.15) is 0 Å². The van der Waals surface area contributed by atoms with E-state index < -0.39 is 0 Å². The molecule has 0 heterocycles. The van der Waals surface area contributed by atoms with Crippen LogP contribution in [0, 0.1) is 5.41 Å². The van der Waals surface area contributed by atoms with E-state index in [0.717, 1.165) is 25.7 Å². The molecule has 1 rings (SSSR count). The first-order valence-corrected chi connectivity index (χ1v) is 6.15. The maximum Gasteiger partial charge on any atom is 0.0693 e. The molecule has 0 spiro atoms. The fraction of sp³-hybridized carbons (Fsp3) is 1.00. The number of nitrogens with one attached hydrogen (secondary N) is 1. The molecule has 2 N–H and O–H groups in total. The molecule has 0 bridgehead atoms. The summed E-state index contributed by atoms with van der Waals surface area (Å²) >= 11 is 0. The van der Waals surface area contributed by atoms with Crippen molar-refractivity contribution >= 4 is 0 Å². The van der Waals surface area contributed by atoms with Crippen LogP contribution in [-0.4, -0.2) is 22.8 Å². The van der Waals surface area contributed by atoms with Gasteiger partial charge in [0.15, 0.2) is 0 Å². The fourth-order valence-electron chi connectivity index (χ4n) is 2.99. The first kappa shape index (κ1) is 13.0. The minimum Gasteiger partial charge on any atom is -0.392 e. The van der Waals surface area contributed by atoms with Crippen molar-refractivity contribution in [3.8, 4) is 0 Å². The Hall–Kier alpha value is -0.0800. The van der Waals surface area contributed by atoms with Gasteiger partial charge in [0.05, 0.1) is 6.10 Å². The standard InChI is InChI=1S/C13H27NO/c1-12(2,3)9-13(4,5)14-10-7-6-8-11(10)15/h10-11,14-15H,6-9H2,1-5H3/t10-,11-/m0/s1. The van der Waals surface area contributed by atoms with E-state index in [1.54, 1.807) is 0 Å². The van der Waals surface area contributed by atoms with E-state index in [1.165, 1.54) is 0 Å². The van der Waals surface area contributed by atoms with Crippen LogP contribution in [0.2, 0.25) is 0 Å². The molecule has 0 radical (unpaired) electrons. The van der Waals surface area contributed by atoms with E-state index in [1.807, 2.05) is 0 Å². The molecule has 0 aliphatic heterocycles. The predicted octanol–water partition coefficient (Wildman–Crippen LogP) is 2.70. The SMILES string of the molecule is CC(C)(C)CC(C)(C)N[C@H]1CCC[C@@H]1O. The Morgan fingerprint density at radius 2 is 1.73 bits per heavy atom.